The van der Waals surface area contributed by atoms with Crippen LogP contribution in [0, 0.1) is 6.92 Å². The topological polar surface area (TPSA) is 108 Å². The minimum absolute atomic E-state index is 0.0607. The van der Waals surface area contributed by atoms with E-state index < -0.39 is 33.2 Å². The number of carbonyl (C=O) groups excluding carboxylic acids is 2. The molecule has 0 radical (unpaired) electrons. The van der Waals surface area contributed by atoms with Gasteiger partial charge in [0.05, 0.1) is 11.3 Å². The van der Waals surface area contributed by atoms with Crippen molar-refractivity contribution in [1.29, 1.82) is 0 Å². The van der Waals surface area contributed by atoms with Crippen LogP contribution in [0.3, 0.4) is 0 Å². The molecule has 2 aliphatic rings. The van der Waals surface area contributed by atoms with Gasteiger partial charge in [-0.1, -0.05) is 18.2 Å². The number of hydrogen-bond acceptors (Lipinski definition) is 5. The summed E-state index contributed by atoms with van der Waals surface area (Å²) in [5.74, 6) is -0.692. The van der Waals surface area contributed by atoms with Gasteiger partial charge in [0.25, 0.3) is 5.91 Å². The van der Waals surface area contributed by atoms with E-state index in [0.29, 0.717) is 5.69 Å². The van der Waals surface area contributed by atoms with E-state index in [4.69, 9.17) is 0 Å². The molecule has 2 heterocycles. The van der Waals surface area contributed by atoms with Crippen LogP contribution in [0.25, 0.3) is 0 Å². The van der Waals surface area contributed by atoms with Crippen LogP contribution in [0.4, 0.5) is 18.9 Å². The molecule has 0 atom stereocenters. The number of sulfonamides is 1. The molecule has 0 unspecified atom stereocenters. The molecule has 198 valence electrons. The van der Waals surface area contributed by atoms with Crippen LogP contribution in [0.1, 0.15) is 42.0 Å². The third-order valence-electron chi connectivity index (χ3n) is 6.68. The zero-order chi connectivity index (χ0) is 27.0. The van der Waals surface area contributed by atoms with Gasteiger partial charge in [0.15, 0.2) is 0 Å². The van der Waals surface area contributed by atoms with Gasteiger partial charge in [-0.25, -0.2) is 12.7 Å². The van der Waals surface area contributed by atoms with Crippen LogP contribution in [-0.4, -0.2) is 54.8 Å². The number of benzene rings is 2. The lowest BCUT2D eigenvalue weighted by atomic mass is 9.89. The summed E-state index contributed by atoms with van der Waals surface area (Å²) in [5.41, 5.74) is 0.442. The average Bonchev–Trinajstić information content (AvgIpc) is 3.13. The fourth-order valence-electron chi connectivity index (χ4n) is 4.59. The molecule has 2 aromatic rings. The lowest BCUT2D eigenvalue weighted by Crippen LogP contribution is -2.50. The summed E-state index contributed by atoms with van der Waals surface area (Å²) in [4.78, 5) is 28.4. The average molecular weight is 537 g/mol. The Morgan fingerprint density at radius 1 is 1.16 bits per heavy atom. The SMILES string of the molecule is CC(=O)Nc1ccc(CCS(=O)(=O)N2CCC3(CC2)N=C(c2cccc(C(F)(F)F)c2)NC3=O)c(C)c1. The lowest BCUT2D eigenvalue weighted by molar-refractivity contribution is -0.137. The standard InChI is InChI=1S/C25H27F3N4O4S/c1-16-14-21(29-17(2)33)7-6-18(16)8-13-37(35,36)32-11-9-24(10-12-32)23(34)30-22(31-24)19-4-3-5-20(15-19)25(26,27)28/h3-7,14-15H,8-13H2,1-2H3,(H,29,33)(H,30,31,34). The highest BCUT2D eigenvalue weighted by molar-refractivity contribution is 7.89. The van der Waals surface area contributed by atoms with Crippen molar-refractivity contribution in [2.24, 2.45) is 4.99 Å². The van der Waals surface area contributed by atoms with Gasteiger partial charge in [-0.15, -0.1) is 0 Å². The zero-order valence-corrected chi connectivity index (χ0v) is 21.2. The Morgan fingerprint density at radius 2 is 1.86 bits per heavy atom. The first-order chi connectivity index (χ1) is 17.3. The third kappa shape index (κ3) is 5.85. The number of amides is 2. The van der Waals surface area contributed by atoms with E-state index in [1.165, 1.54) is 23.4 Å². The molecule has 1 fully saturated rings. The van der Waals surface area contributed by atoms with Gasteiger partial charge in [-0.3, -0.25) is 14.6 Å². The Morgan fingerprint density at radius 3 is 2.49 bits per heavy atom. The first-order valence-electron chi connectivity index (χ1n) is 11.7. The summed E-state index contributed by atoms with van der Waals surface area (Å²) in [6.45, 7) is 3.41. The molecule has 1 saturated heterocycles. The van der Waals surface area contributed by atoms with Crippen LogP contribution in [0.5, 0.6) is 0 Å². The van der Waals surface area contributed by atoms with Crippen LogP contribution in [0.2, 0.25) is 0 Å². The van der Waals surface area contributed by atoms with Crippen molar-refractivity contribution in [3.05, 3.63) is 64.7 Å². The molecular weight excluding hydrogens is 509 g/mol. The van der Waals surface area contributed by atoms with E-state index >= 15 is 0 Å². The lowest BCUT2D eigenvalue weighted by Gasteiger charge is -2.34. The number of halogens is 3. The maximum atomic E-state index is 13.1. The van der Waals surface area contributed by atoms with E-state index in [1.54, 1.807) is 18.2 Å². The van der Waals surface area contributed by atoms with Crippen LogP contribution < -0.4 is 10.6 Å². The summed E-state index contributed by atoms with van der Waals surface area (Å²) < 4.78 is 66.6. The smallest absolute Gasteiger partial charge is 0.326 e. The van der Waals surface area contributed by atoms with Crippen LogP contribution in [-0.2, 0) is 32.2 Å². The molecule has 1 spiro atoms. The predicted molar refractivity (Wildman–Crippen MR) is 133 cm³/mol. The quantitative estimate of drug-likeness (QED) is 0.591. The van der Waals surface area contributed by atoms with Gasteiger partial charge in [0.2, 0.25) is 15.9 Å². The molecule has 0 bridgehead atoms. The van der Waals surface area contributed by atoms with E-state index in [9.17, 15) is 31.2 Å². The Hall–Kier alpha value is -3.25. The molecule has 12 heteroatoms. The summed E-state index contributed by atoms with van der Waals surface area (Å²) in [7, 11) is -3.62. The molecule has 0 saturated carbocycles. The second-order valence-electron chi connectivity index (χ2n) is 9.31. The highest BCUT2D eigenvalue weighted by atomic mass is 32.2. The van der Waals surface area contributed by atoms with Crippen molar-refractivity contribution in [3.63, 3.8) is 0 Å². The number of carbonyl (C=O) groups is 2. The first kappa shape index (κ1) is 26.8. The summed E-state index contributed by atoms with van der Waals surface area (Å²) in [5, 5.41) is 5.27. The van der Waals surface area contributed by atoms with Gasteiger partial charge in [-0.05, 0) is 61.6 Å². The van der Waals surface area contributed by atoms with E-state index in [1.807, 2.05) is 6.92 Å². The summed E-state index contributed by atoms with van der Waals surface area (Å²) >= 11 is 0. The van der Waals surface area contributed by atoms with Crippen molar-refractivity contribution in [2.45, 2.75) is 44.8 Å². The van der Waals surface area contributed by atoms with E-state index in [2.05, 4.69) is 15.6 Å². The maximum Gasteiger partial charge on any atom is 0.416 e. The van der Waals surface area contributed by atoms with Gasteiger partial charge < -0.3 is 10.6 Å². The normalized spacial score (nSPS) is 18.0. The molecule has 0 aromatic heterocycles. The Kier molecular flexibility index (Phi) is 7.17. The first-order valence-corrected chi connectivity index (χ1v) is 13.3. The minimum atomic E-state index is -4.53. The van der Waals surface area contributed by atoms with Crippen molar-refractivity contribution in [1.82, 2.24) is 9.62 Å². The number of rotatable bonds is 6. The fourth-order valence-corrected chi connectivity index (χ4v) is 6.07. The zero-order valence-electron chi connectivity index (χ0n) is 20.4. The van der Waals surface area contributed by atoms with E-state index in [0.717, 1.165) is 23.3 Å². The van der Waals surface area contributed by atoms with Crippen molar-refractivity contribution >= 4 is 33.4 Å². The number of amidine groups is 1. The number of nitrogens with one attached hydrogen (secondary N) is 2. The Balaban J connectivity index is 1.41. The van der Waals surface area contributed by atoms with Gasteiger partial charge >= 0.3 is 6.18 Å². The largest absolute Gasteiger partial charge is 0.416 e. The number of nitrogens with zero attached hydrogens (tertiary/aromatic N) is 2. The fraction of sp³-hybridized carbons (Fsp3) is 0.400. The Labute approximate surface area is 213 Å². The molecule has 2 amide bonds. The molecule has 2 aliphatic heterocycles. The predicted octanol–water partition coefficient (Wildman–Crippen LogP) is 3.26. The summed E-state index contributed by atoms with van der Waals surface area (Å²) in [6.07, 6.45) is -3.98. The molecule has 0 aliphatic carbocycles. The highest BCUT2D eigenvalue weighted by Crippen LogP contribution is 2.34. The van der Waals surface area contributed by atoms with Crippen molar-refractivity contribution in [2.75, 3.05) is 24.2 Å². The van der Waals surface area contributed by atoms with Crippen molar-refractivity contribution < 1.29 is 31.2 Å². The van der Waals surface area contributed by atoms with Crippen LogP contribution >= 0.6 is 0 Å². The molecule has 37 heavy (non-hydrogen) atoms. The van der Waals surface area contributed by atoms with E-state index in [-0.39, 0.29) is 55.4 Å². The van der Waals surface area contributed by atoms with Gasteiger partial charge in [0.1, 0.15) is 11.4 Å². The van der Waals surface area contributed by atoms with Gasteiger partial charge in [-0.2, -0.15) is 13.2 Å². The second-order valence-corrected chi connectivity index (χ2v) is 11.4. The Bertz CT molecular complexity index is 1360. The van der Waals surface area contributed by atoms with Crippen LogP contribution in [0.15, 0.2) is 47.5 Å². The highest BCUT2D eigenvalue weighted by Gasteiger charge is 2.47. The monoisotopic (exact) mass is 536 g/mol. The van der Waals surface area contributed by atoms with Crippen molar-refractivity contribution in [3.8, 4) is 0 Å². The number of hydrogen-bond donors (Lipinski definition) is 2. The molecule has 4 rings (SSSR count). The molecule has 8 nitrogen and oxygen atoms in total. The number of aliphatic imine (C=N–C) groups is 1. The molecule has 2 N–H and O–H groups in total. The number of alkyl halides is 3. The maximum absolute atomic E-state index is 13.1. The summed E-state index contributed by atoms with van der Waals surface area (Å²) in [6, 6.07) is 9.86. The molecule has 2 aromatic carbocycles. The number of piperidine rings is 1. The second kappa shape index (κ2) is 9.90. The van der Waals surface area contributed by atoms with Gasteiger partial charge in [0, 0.05) is 31.3 Å². The number of aryl methyl sites for hydroxylation is 2. The third-order valence-corrected chi connectivity index (χ3v) is 8.55. The molecular formula is C25H27F3N4O4S. The minimum Gasteiger partial charge on any atom is -0.326 e. The number of anilines is 1.